The number of hydrogen-bond donors (Lipinski definition) is 2. The van der Waals surface area contributed by atoms with Gasteiger partial charge in [-0.2, -0.15) is 0 Å². The predicted molar refractivity (Wildman–Crippen MR) is 137 cm³/mol. The monoisotopic (exact) mass is 527 g/mol. The number of ether oxygens (including phenoxy) is 3. The number of hydrogen-bond acceptors (Lipinski definition) is 9. The van der Waals surface area contributed by atoms with E-state index in [2.05, 4.69) is 10.2 Å². The SMILES string of the molecule is COc1cc(/C=C2/SC(=O)N(CC(=O)Nc3ccc(N4CCOCC4)cc3)C2=O)ccc1OCC(=O)O. The lowest BCUT2D eigenvalue weighted by atomic mass is 10.2. The minimum Gasteiger partial charge on any atom is -0.493 e. The molecular weight excluding hydrogens is 502 g/mol. The molecule has 0 unspecified atom stereocenters. The molecule has 0 atom stereocenters. The van der Waals surface area contributed by atoms with E-state index >= 15 is 0 Å². The number of thioether (sulfide) groups is 1. The van der Waals surface area contributed by atoms with Crippen LogP contribution in [0.3, 0.4) is 0 Å². The average molecular weight is 528 g/mol. The first-order chi connectivity index (χ1) is 17.8. The van der Waals surface area contributed by atoms with Gasteiger partial charge in [0.2, 0.25) is 5.91 Å². The smallest absolute Gasteiger partial charge is 0.341 e. The minimum atomic E-state index is -1.13. The van der Waals surface area contributed by atoms with Crippen molar-refractivity contribution in [2.45, 2.75) is 0 Å². The molecule has 2 aliphatic rings. The molecule has 0 aromatic heterocycles. The van der Waals surface area contributed by atoms with Gasteiger partial charge in [0, 0.05) is 24.5 Å². The lowest BCUT2D eigenvalue weighted by Crippen LogP contribution is -2.36. The summed E-state index contributed by atoms with van der Waals surface area (Å²) >= 11 is 0.728. The third-order valence-electron chi connectivity index (χ3n) is 5.54. The van der Waals surface area contributed by atoms with Crippen molar-refractivity contribution in [3.63, 3.8) is 0 Å². The number of methoxy groups -OCH3 is 1. The maximum absolute atomic E-state index is 12.8. The Morgan fingerprint density at radius 1 is 1.11 bits per heavy atom. The van der Waals surface area contributed by atoms with Crippen LogP contribution in [0.2, 0.25) is 0 Å². The van der Waals surface area contributed by atoms with Gasteiger partial charge < -0.3 is 29.5 Å². The van der Waals surface area contributed by atoms with E-state index in [1.165, 1.54) is 19.3 Å². The fourth-order valence-electron chi connectivity index (χ4n) is 3.74. The zero-order valence-corrected chi connectivity index (χ0v) is 20.8. The van der Waals surface area contributed by atoms with Crippen molar-refractivity contribution in [1.29, 1.82) is 0 Å². The molecule has 0 spiro atoms. The second kappa shape index (κ2) is 11.8. The summed E-state index contributed by atoms with van der Waals surface area (Å²) in [7, 11) is 1.40. The summed E-state index contributed by atoms with van der Waals surface area (Å²) in [6, 6.07) is 12.0. The molecular formula is C25H25N3O8S. The van der Waals surface area contributed by atoms with Gasteiger partial charge in [0.1, 0.15) is 6.54 Å². The van der Waals surface area contributed by atoms with E-state index in [0.717, 1.165) is 35.4 Å². The van der Waals surface area contributed by atoms with Crippen molar-refractivity contribution in [2.75, 3.05) is 56.8 Å². The van der Waals surface area contributed by atoms with Crippen molar-refractivity contribution in [3.8, 4) is 11.5 Å². The highest BCUT2D eigenvalue weighted by atomic mass is 32.2. The van der Waals surface area contributed by atoms with Gasteiger partial charge in [-0.1, -0.05) is 6.07 Å². The molecule has 2 aliphatic heterocycles. The maximum Gasteiger partial charge on any atom is 0.341 e. The normalized spacial score (nSPS) is 16.7. The Hall–Kier alpha value is -4.03. The van der Waals surface area contributed by atoms with Crippen LogP contribution >= 0.6 is 11.8 Å². The van der Waals surface area contributed by atoms with Crippen molar-refractivity contribution in [1.82, 2.24) is 4.90 Å². The number of amides is 3. The fraction of sp³-hybridized carbons (Fsp3) is 0.280. The van der Waals surface area contributed by atoms with Gasteiger partial charge in [-0.05, 0) is 59.8 Å². The fourth-order valence-corrected chi connectivity index (χ4v) is 4.58. The van der Waals surface area contributed by atoms with Crippen molar-refractivity contribution in [3.05, 3.63) is 52.9 Å². The molecule has 4 rings (SSSR count). The summed E-state index contributed by atoms with van der Waals surface area (Å²) < 4.78 is 15.8. The number of benzene rings is 2. The van der Waals surface area contributed by atoms with Crippen LogP contribution in [0.1, 0.15) is 5.56 Å². The van der Waals surface area contributed by atoms with E-state index in [9.17, 15) is 19.2 Å². The number of morpholine rings is 1. The maximum atomic E-state index is 12.8. The third-order valence-corrected chi connectivity index (χ3v) is 6.45. The van der Waals surface area contributed by atoms with Crippen LogP contribution in [0.25, 0.3) is 6.08 Å². The first kappa shape index (κ1) is 26.0. The average Bonchev–Trinajstić information content (AvgIpc) is 3.15. The Labute approximate surface area is 217 Å². The topological polar surface area (TPSA) is 135 Å². The van der Waals surface area contributed by atoms with Crippen LogP contribution < -0.4 is 19.7 Å². The highest BCUT2D eigenvalue weighted by Crippen LogP contribution is 2.34. The number of nitrogens with one attached hydrogen (secondary N) is 1. The summed E-state index contributed by atoms with van der Waals surface area (Å²) in [5, 5.41) is 10.9. The molecule has 0 bridgehead atoms. The zero-order chi connectivity index (χ0) is 26.4. The van der Waals surface area contributed by atoms with Gasteiger partial charge in [0.05, 0.1) is 25.2 Å². The Morgan fingerprint density at radius 2 is 1.84 bits per heavy atom. The van der Waals surface area contributed by atoms with Crippen molar-refractivity contribution < 1.29 is 38.5 Å². The summed E-state index contributed by atoms with van der Waals surface area (Å²) in [6.45, 7) is 1.99. The molecule has 2 fully saturated rings. The second-order valence-electron chi connectivity index (χ2n) is 8.06. The molecule has 2 aromatic carbocycles. The molecule has 0 radical (unpaired) electrons. The number of anilines is 2. The molecule has 2 N–H and O–H groups in total. The Morgan fingerprint density at radius 3 is 2.51 bits per heavy atom. The summed E-state index contributed by atoms with van der Waals surface area (Å²) in [5.41, 5.74) is 2.12. The lowest BCUT2D eigenvalue weighted by molar-refractivity contribution is -0.139. The van der Waals surface area contributed by atoms with Crippen LogP contribution in [0.15, 0.2) is 47.4 Å². The Bertz CT molecular complexity index is 1220. The molecule has 2 aromatic rings. The highest BCUT2D eigenvalue weighted by Gasteiger charge is 2.36. The number of nitrogens with zero attached hydrogens (tertiary/aromatic N) is 2. The predicted octanol–water partition coefficient (Wildman–Crippen LogP) is 2.67. The number of carboxylic acid groups (broad SMARTS) is 1. The standard InChI is InChI=1S/C25H25N3O8S/c1-34-20-12-16(2-7-19(20)36-15-23(30)31)13-21-24(32)28(25(33)37-21)14-22(29)26-17-3-5-18(6-4-17)27-8-10-35-11-9-27/h2-7,12-13H,8-11,14-15H2,1H3,(H,26,29)(H,30,31)/b21-13+. The van der Waals surface area contributed by atoms with Crippen LogP contribution in [0.4, 0.5) is 16.2 Å². The minimum absolute atomic E-state index is 0.147. The zero-order valence-electron chi connectivity index (χ0n) is 20.0. The van der Waals surface area contributed by atoms with E-state index in [1.54, 1.807) is 24.3 Å². The van der Waals surface area contributed by atoms with Gasteiger partial charge in [0.25, 0.3) is 11.1 Å². The molecule has 2 saturated heterocycles. The number of aliphatic carboxylic acids is 1. The number of carbonyl (C=O) groups excluding carboxylic acids is 3. The summed E-state index contributed by atoms with van der Waals surface area (Å²) in [4.78, 5) is 51.8. The third kappa shape index (κ3) is 6.60. The molecule has 3 amide bonds. The molecule has 2 heterocycles. The van der Waals surface area contributed by atoms with Crippen LogP contribution in [0.5, 0.6) is 11.5 Å². The number of carbonyl (C=O) groups is 4. The van der Waals surface area contributed by atoms with Crippen molar-refractivity contribution >= 4 is 52.2 Å². The summed E-state index contributed by atoms with van der Waals surface area (Å²) in [5.74, 6) is -1.71. The molecule has 0 saturated carbocycles. The van der Waals surface area contributed by atoms with E-state index in [-0.39, 0.29) is 16.4 Å². The van der Waals surface area contributed by atoms with E-state index in [4.69, 9.17) is 19.3 Å². The van der Waals surface area contributed by atoms with Gasteiger partial charge in [-0.25, -0.2) is 4.79 Å². The Kier molecular flexibility index (Phi) is 8.31. The van der Waals surface area contributed by atoms with Crippen LogP contribution in [-0.4, -0.2) is 79.6 Å². The van der Waals surface area contributed by atoms with Gasteiger partial charge >= 0.3 is 5.97 Å². The van der Waals surface area contributed by atoms with Crippen molar-refractivity contribution in [2.24, 2.45) is 0 Å². The molecule has 12 heteroatoms. The van der Waals surface area contributed by atoms with Crippen LogP contribution in [0, 0.1) is 0 Å². The van der Waals surface area contributed by atoms with Gasteiger partial charge in [-0.15, -0.1) is 0 Å². The van der Waals surface area contributed by atoms with E-state index in [1.807, 2.05) is 12.1 Å². The first-order valence-electron chi connectivity index (χ1n) is 11.3. The van der Waals surface area contributed by atoms with E-state index in [0.29, 0.717) is 24.5 Å². The molecule has 37 heavy (non-hydrogen) atoms. The largest absolute Gasteiger partial charge is 0.493 e. The second-order valence-corrected chi connectivity index (χ2v) is 9.05. The number of carboxylic acids is 1. The van der Waals surface area contributed by atoms with Crippen LogP contribution in [-0.2, 0) is 19.1 Å². The van der Waals surface area contributed by atoms with E-state index < -0.39 is 36.2 Å². The van der Waals surface area contributed by atoms with Gasteiger partial charge in [-0.3, -0.25) is 19.3 Å². The van der Waals surface area contributed by atoms with Gasteiger partial charge in [0.15, 0.2) is 18.1 Å². The number of imide groups is 1. The highest BCUT2D eigenvalue weighted by molar-refractivity contribution is 8.18. The Balaban J connectivity index is 1.37. The molecule has 11 nitrogen and oxygen atoms in total. The molecule has 0 aliphatic carbocycles. The quantitative estimate of drug-likeness (QED) is 0.469. The summed E-state index contributed by atoms with van der Waals surface area (Å²) in [6.07, 6.45) is 1.50. The first-order valence-corrected chi connectivity index (χ1v) is 12.2. The number of rotatable bonds is 9. The molecule has 194 valence electrons. The lowest BCUT2D eigenvalue weighted by Gasteiger charge is -2.28.